The highest BCUT2D eigenvalue weighted by molar-refractivity contribution is 14.0. The van der Waals surface area contributed by atoms with Crippen LogP contribution in [0, 0.1) is 0 Å². The van der Waals surface area contributed by atoms with Crippen molar-refractivity contribution in [1.82, 2.24) is 20.5 Å². The van der Waals surface area contributed by atoms with Crippen LogP contribution in [0.2, 0.25) is 0 Å². The molecule has 150 valence electrons. The highest BCUT2D eigenvalue weighted by Crippen LogP contribution is 2.14. The van der Waals surface area contributed by atoms with E-state index in [4.69, 9.17) is 9.47 Å². The highest BCUT2D eigenvalue weighted by Gasteiger charge is 2.06. The van der Waals surface area contributed by atoms with Crippen LogP contribution in [0.4, 0.5) is 0 Å². The summed E-state index contributed by atoms with van der Waals surface area (Å²) in [5.41, 5.74) is 1.02. The first kappa shape index (κ1) is 24.9. The zero-order valence-corrected chi connectivity index (χ0v) is 18.8. The zero-order valence-electron chi connectivity index (χ0n) is 16.5. The fraction of sp³-hybridized carbons (Fsp3) is 0.667. The van der Waals surface area contributed by atoms with E-state index in [2.05, 4.69) is 39.5 Å². The molecule has 0 fully saturated rings. The van der Waals surface area contributed by atoms with Gasteiger partial charge < -0.3 is 25.0 Å². The monoisotopic (exact) mass is 479 g/mol. The van der Waals surface area contributed by atoms with Crippen LogP contribution in [0.3, 0.4) is 0 Å². The molecular formula is C18H34IN5O2. The van der Waals surface area contributed by atoms with Gasteiger partial charge in [0.1, 0.15) is 0 Å². The van der Waals surface area contributed by atoms with Crippen LogP contribution in [0.1, 0.15) is 25.3 Å². The first-order valence-corrected chi connectivity index (χ1v) is 8.90. The molecule has 0 bridgehead atoms. The maximum atomic E-state index is 5.68. The van der Waals surface area contributed by atoms with Crippen molar-refractivity contribution in [2.45, 2.75) is 26.3 Å². The van der Waals surface area contributed by atoms with Gasteiger partial charge in [0.15, 0.2) is 5.96 Å². The summed E-state index contributed by atoms with van der Waals surface area (Å²) >= 11 is 0. The number of likely N-dealkylation sites (N-methyl/N-ethyl adjacent to an activating group) is 1. The van der Waals surface area contributed by atoms with Gasteiger partial charge >= 0.3 is 0 Å². The zero-order chi connectivity index (χ0) is 18.3. The second-order valence-corrected chi connectivity index (χ2v) is 5.82. The molecule has 2 N–H and O–H groups in total. The summed E-state index contributed by atoms with van der Waals surface area (Å²) in [4.78, 5) is 10.8. The topological polar surface area (TPSA) is 71.0 Å². The van der Waals surface area contributed by atoms with Crippen molar-refractivity contribution in [2.24, 2.45) is 4.99 Å². The lowest BCUT2D eigenvalue weighted by atomic mass is 10.2. The van der Waals surface area contributed by atoms with Crippen molar-refractivity contribution in [3.05, 3.63) is 23.9 Å². The van der Waals surface area contributed by atoms with Gasteiger partial charge in [-0.3, -0.25) is 4.99 Å². The van der Waals surface area contributed by atoms with Crippen LogP contribution in [-0.4, -0.2) is 69.9 Å². The van der Waals surface area contributed by atoms with Gasteiger partial charge in [-0.15, -0.1) is 24.0 Å². The van der Waals surface area contributed by atoms with E-state index in [-0.39, 0.29) is 24.0 Å². The first-order valence-electron chi connectivity index (χ1n) is 8.90. The van der Waals surface area contributed by atoms with Crippen molar-refractivity contribution in [1.29, 1.82) is 0 Å². The van der Waals surface area contributed by atoms with Gasteiger partial charge in [0.25, 0.3) is 0 Å². The molecule has 0 aliphatic heterocycles. The molecular weight excluding hydrogens is 445 g/mol. The van der Waals surface area contributed by atoms with E-state index in [1.165, 1.54) is 0 Å². The summed E-state index contributed by atoms with van der Waals surface area (Å²) in [6.07, 6.45) is 3.76. The fourth-order valence-electron chi connectivity index (χ4n) is 2.24. The van der Waals surface area contributed by atoms with Crippen LogP contribution in [0.15, 0.2) is 23.3 Å². The van der Waals surface area contributed by atoms with E-state index in [0.717, 1.165) is 50.6 Å². The van der Waals surface area contributed by atoms with Crippen molar-refractivity contribution >= 4 is 29.9 Å². The van der Waals surface area contributed by atoms with E-state index < -0.39 is 0 Å². The highest BCUT2D eigenvalue weighted by atomic mass is 127. The molecule has 0 unspecified atom stereocenters. The average molecular weight is 479 g/mol. The largest absolute Gasteiger partial charge is 0.477 e. The number of nitrogens with zero attached hydrogens (tertiary/aromatic N) is 3. The third-order valence-electron chi connectivity index (χ3n) is 3.64. The Balaban J connectivity index is 0.00000625. The average Bonchev–Trinajstić information content (AvgIpc) is 2.63. The van der Waals surface area contributed by atoms with E-state index in [1.807, 2.05) is 12.1 Å². The minimum absolute atomic E-state index is 0. The molecule has 7 nitrogen and oxygen atoms in total. The predicted octanol–water partition coefficient (Wildman–Crippen LogP) is 2.12. The maximum Gasteiger partial charge on any atom is 0.218 e. The summed E-state index contributed by atoms with van der Waals surface area (Å²) in [6.45, 7) is 6.98. The van der Waals surface area contributed by atoms with Crippen LogP contribution in [0.5, 0.6) is 5.88 Å². The smallest absolute Gasteiger partial charge is 0.218 e. The Kier molecular flexibility index (Phi) is 15.4. The van der Waals surface area contributed by atoms with Crippen LogP contribution in [-0.2, 0) is 11.3 Å². The minimum Gasteiger partial charge on any atom is -0.477 e. The number of aromatic nitrogens is 1. The van der Waals surface area contributed by atoms with Crippen LogP contribution in [0.25, 0.3) is 0 Å². The normalized spacial score (nSPS) is 11.2. The molecule has 1 heterocycles. The van der Waals surface area contributed by atoms with Crippen molar-refractivity contribution in [3.63, 3.8) is 0 Å². The Hall–Kier alpha value is -1.13. The lowest BCUT2D eigenvalue weighted by Crippen LogP contribution is -2.40. The van der Waals surface area contributed by atoms with E-state index in [1.54, 1.807) is 20.4 Å². The van der Waals surface area contributed by atoms with Crippen molar-refractivity contribution in [2.75, 3.05) is 54.1 Å². The second kappa shape index (κ2) is 16.1. The lowest BCUT2D eigenvalue weighted by molar-refractivity contribution is 0.180. The number of aliphatic imine (C=N–C) groups is 1. The molecule has 1 aromatic rings. The molecule has 0 radical (unpaired) electrons. The second-order valence-electron chi connectivity index (χ2n) is 5.82. The number of rotatable bonds is 12. The Bertz CT molecular complexity index is 502. The van der Waals surface area contributed by atoms with E-state index in [0.29, 0.717) is 19.0 Å². The molecule has 26 heavy (non-hydrogen) atoms. The van der Waals surface area contributed by atoms with Crippen LogP contribution >= 0.6 is 24.0 Å². The summed E-state index contributed by atoms with van der Waals surface area (Å²) in [7, 11) is 5.62. The molecule has 1 rings (SSSR count). The Morgan fingerprint density at radius 3 is 2.77 bits per heavy atom. The van der Waals surface area contributed by atoms with Gasteiger partial charge in [-0.05, 0) is 26.0 Å². The number of nitrogens with one attached hydrogen (secondary N) is 2. The SMILES string of the molecule is CCCOc1ncccc1CNC(=NC)NCCN(C)CCCOC.I. The summed E-state index contributed by atoms with van der Waals surface area (Å²) in [5, 5.41) is 6.64. The third kappa shape index (κ3) is 10.8. The van der Waals surface area contributed by atoms with Gasteiger partial charge in [-0.1, -0.05) is 13.0 Å². The molecule has 0 aliphatic rings. The summed E-state index contributed by atoms with van der Waals surface area (Å²) in [5.74, 6) is 1.46. The summed E-state index contributed by atoms with van der Waals surface area (Å²) in [6, 6.07) is 3.93. The number of methoxy groups -OCH3 is 1. The van der Waals surface area contributed by atoms with Gasteiger partial charge in [0.05, 0.1) is 6.61 Å². The van der Waals surface area contributed by atoms with E-state index >= 15 is 0 Å². The standard InChI is InChI=1S/C18H33N5O2.HI/c1-5-13-25-17-16(8-6-9-20-17)15-22-18(19-2)21-10-12-23(3)11-7-14-24-4;/h6,8-9H,5,7,10-15H2,1-4H3,(H2,19,21,22);1H. The lowest BCUT2D eigenvalue weighted by Gasteiger charge is -2.18. The number of pyridine rings is 1. The first-order chi connectivity index (χ1) is 12.2. The molecule has 0 spiro atoms. The Morgan fingerprint density at radius 2 is 2.08 bits per heavy atom. The molecule has 0 amide bonds. The molecule has 0 saturated heterocycles. The number of guanidine groups is 1. The van der Waals surface area contributed by atoms with Gasteiger partial charge in [0, 0.05) is 58.7 Å². The number of halogens is 1. The maximum absolute atomic E-state index is 5.68. The fourth-order valence-corrected chi connectivity index (χ4v) is 2.24. The van der Waals surface area contributed by atoms with Gasteiger partial charge in [-0.25, -0.2) is 4.98 Å². The predicted molar refractivity (Wildman–Crippen MR) is 118 cm³/mol. The van der Waals surface area contributed by atoms with Gasteiger partial charge in [0.2, 0.25) is 5.88 Å². The number of hydrogen-bond acceptors (Lipinski definition) is 5. The molecule has 0 aliphatic carbocycles. The molecule has 8 heteroatoms. The molecule has 0 atom stereocenters. The molecule has 1 aromatic heterocycles. The molecule has 0 aromatic carbocycles. The minimum atomic E-state index is 0. The Morgan fingerprint density at radius 1 is 1.27 bits per heavy atom. The number of ether oxygens (including phenoxy) is 2. The quantitative estimate of drug-likeness (QED) is 0.207. The summed E-state index contributed by atoms with van der Waals surface area (Å²) < 4.78 is 10.8. The number of hydrogen-bond donors (Lipinski definition) is 2. The van der Waals surface area contributed by atoms with E-state index in [9.17, 15) is 0 Å². The van der Waals surface area contributed by atoms with Crippen molar-refractivity contribution < 1.29 is 9.47 Å². The third-order valence-corrected chi connectivity index (χ3v) is 3.64. The van der Waals surface area contributed by atoms with Crippen LogP contribution < -0.4 is 15.4 Å². The van der Waals surface area contributed by atoms with Gasteiger partial charge in [-0.2, -0.15) is 0 Å². The molecule has 0 saturated carbocycles. The Labute approximate surface area is 175 Å². The van der Waals surface area contributed by atoms with Crippen molar-refractivity contribution in [3.8, 4) is 5.88 Å².